The highest BCUT2D eigenvalue weighted by molar-refractivity contribution is 8.00. The molecule has 1 unspecified atom stereocenters. The molecule has 0 fully saturated rings. The monoisotopic (exact) mass is 276 g/mol. The highest BCUT2D eigenvalue weighted by Crippen LogP contribution is 2.22. The first-order valence-corrected chi connectivity index (χ1v) is 6.60. The van der Waals surface area contributed by atoms with Gasteiger partial charge in [0.1, 0.15) is 5.82 Å². The van der Waals surface area contributed by atoms with Gasteiger partial charge in [-0.1, -0.05) is 11.6 Å². The van der Waals surface area contributed by atoms with E-state index in [0.717, 1.165) is 6.07 Å². The van der Waals surface area contributed by atoms with Crippen LogP contribution in [0, 0.1) is 5.82 Å². The second-order valence-corrected chi connectivity index (χ2v) is 5.10. The lowest BCUT2D eigenvalue weighted by Crippen LogP contribution is -2.20. The third-order valence-corrected chi connectivity index (χ3v) is 3.36. The Labute approximate surface area is 109 Å². The molecule has 1 aromatic carbocycles. The van der Waals surface area contributed by atoms with E-state index in [-0.39, 0.29) is 17.0 Å². The number of carbonyl (C=O) groups is 1. The maximum Gasteiger partial charge on any atom is 0.234 e. The van der Waals surface area contributed by atoms with Gasteiger partial charge in [0.25, 0.3) is 0 Å². The number of hydrogen-bond acceptors (Lipinski definition) is 3. The topological polar surface area (TPSA) is 55.1 Å². The standard InChI is InChI=1S/C11H14ClFN2OS/c1-7(14)5-17-6-11(16)15-10-3-2-8(13)4-9(10)12/h2-4,7H,5-6,14H2,1H3,(H,15,16). The van der Waals surface area contributed by atoms with E-state index in [1.54, 1.807) is 0 Å². The summed E-state index contributed by atoms with van der Waals surface area (Å²) >= 11 is 7.22. The van der Waals surface area contributed by atoms with E-state index in [1.165, 1.54) is 23.9 Å². The van der Waals surface area contributed by atoms with Gasteiger partial charge in [0.15, 0.2) is 0 Å². The fourth-order valence-corrected chi connectivity index (χ4v) is 2.08. The van der Waals surface area contributed by atoms with Gasteiger partial charge in [-0.3, -0.25) is 4.79 Å². The molecule has 0 heterocycles. The van der Waals surface area contributed by atoms with Crippen LogP contribution >= 0.6 is 23.4 Å². The Balaban J connectivity index is 2.45. The van der Waals surface area contributed by atoms with Gasteiger partial charge in [0, 0.05) is 11.8 Å². The molecule has 0 radical (unpaired) electrons. The van der Waals surface area contributed by atoms with Crippen LogP contribution in [-0.2, 0) is 4.79 Å². The Morgan fingerprint density at radius 1 is 1.65 bits per heavy atom. The Kier molecular flexibility index (Phi) is 5.74. The molecule has 94 valence electrons. The largest absolute Gasteiger partial charge is 0.327 e. The van der Waals surface area contributed by atoms with Crippen LogP contribution in [0.2, 0.25) is 5.02 Å². The average Bonchev–Trinajstić information content (AvgIpc) is 2.21. The fraction of sp³-hybridized carbons (Fsp3) is 0.364. The van der Waals surface area contributed by atoms with Gasteiger partial charge in [-0.05, 0) is 25.1 Å². The third kappa shape index (κ3) is 5.39. The highest BCUT2D eigenvalue weighted by atomic mass is 35.5. The Bertz CT molecular complexity index is 401. The van der Waals surface area contributed by atoms with Gasteiger partial charge in [-0.25, -0.2) is 4.39 Å². The number of carbonyl (C=O) groups excluding carboxylic acids is 1. The van der Waals surface area contributed by atoms with Crippen molar-refractivity contribution in [3.05, 3.63) is 29.0 Å². The first kappa shape index (κ1) is 14.3. The Morgan fingerprint density at radius 2 is 2.35 bits per heavy atom. The number of hydrogen-bond donors (Lipinski definition) is 2. The molecule has 6 heteroatoms. The Hall–Kier alpha value is -0.780. The smallest absolute Gasteiger partial charge is 0.234 e. The number of anilines is 1. The third-order valence-electron chi connectivity index (χ3n) is 1.82. The van der Waals surface area contributed by atoms with Crippen molar-refractivity contribution in [2.75, 3.05) is 16.8 Å². The minimum Gasteiger partial charge on any atom is -0.327 e. The summed E-state index contributed by atoms with van der Waals surface area (Å²) in [6.07, 6.45) is 0. The van der Waals surface area contributed by atoms with E-state index in [1.807, 2.05) is 6.92 Å². The molecule has 0 bridgehead atoms. The number of halogens is 2. The molecule has 1 amide bonds. The normalized spacial score (nSPS) is 12.2. The molecule has 0 aliphatic heterocycles. The molecule has 1 aromatic rings. The summed E-state index contributed by atoms with van der Waals surface area (Å²) in [5, 5.41) is 2.80. The predicted molar refractivity (Wildman–Crippen MR) is 71.0 cm³/mol. The van der Waals surface area contributed by atoms with Crippen molar-refractivity contribution in [2.45, 2.75) is 13.0 Å². The van der Waals surface area contributed by atoms with Crippen LogP contribution in [0.1, 0.15) is 6.92 Å². The van der Waals surface area contributed by atoms with Gasteiger partial charge in [0.05, 0.1) is 16.5 Å². The van der Waals surface area contributed by atoms with Crippen LogP contribution in [0.4, 0.5) is 10.1 Å². The van der Waals surface area contributed by atoms with Gasteiger partial charge >= 0.3 is 0 Å². The lowest BCUT2D eigenvalue weighted by atomic mass is 10.3. The number of amides is 1. The zero-order valence-electron chi connectivity index (χ0n) is 9.37. The Morgan fingerprint density at radius 3 is 2.94 bits per heavy atom. The summed E-state index contributed by atoms with van der Waals surface area (Å²) in [7, 11) is 0. The van der Waals surface area contributed by atoms with E-state index >= 15 is 0 Å². The van der Waals surface area contributed by atoms with Crippen molar-refractivity contribution in [2.24, 2.45) is 5.73 Å². The lowest BCUT2D eigenvalue weighted by Gasteiger charge is -2.08. The van der Waals surface area contributed by atoms with Crippen LogP contribution in [0.25, 0.3) is 0 Å². The zero-order valence-corrected chi connectivity index (χ0v) is 10.9. The van der Waals surface area contributed by atoms with Crippen molar-refractivity contribution in [3.8, 4) is 0 Å². The molecule has 3 N–H and O–H groups in total. The van der Waals surface area contributed by atoms with Gasteiger partial charge < -0.3 is 11.1 Å². The van der Waals surface area contributed by atoms with Crippen molar-refractivity contribution >= 4 is 35.0 Å². The average molecular weight is 277 g/mol. The van der Waals surface area contributed by atoms with E-state index < -0.39 is 5.82 Å². The van der Waals surface area contributed by atoms with Gasteiger partial charge in [-0.15, -0.1) is 0 Å². The summed E-state index contributed by atoms with van der Waals surface area (Å²) < 4.78 is 12.8. The van der Waals surface area contributed by atoms with Crippen LogP contribution in [0.3, 0.4) is 0 Å². The molecule has 0 saturated heterocycles. The maximum atomic E-state index is 12.8. The zero-order chi connectivity index (χ0) is 12.8. The van der Waals surface area contributed by atoms with Crippen LogP contribution in [-0.4, -0.2) is 23.5 Å². The molecule has 17 heavy (non-hydrogen) atoms. The van der Waals surface area contributed by atoms with Crippen molar-refractivity contribution < 1.29 is 9.18 Å². The first-order valence-electron chi connectivity index (χ1n) is 5.07. The molecule has 1 rings (SSSR count). The second-order valence-electron chi connectivity index (χ2n) is 3.66. The molecular formula is C11H14ClFN2OS. The number of thioether (sulfide) groups is 1. The molecule has 1 atom stereocenters. The summed E-state index contributed by atoms with van der Waals surface area (Å²) in [4.78, 5) is 11.5. The molecule has 0 spiro atoms. The van der Waals surface area contributed by atoms with E-state index in [9.17, 15) is 9.18 Å². The molecule has 0 aliphatic rings. The minimum absolute atomic E-state index is 0.0576. The molecule has 0 saturated carbocycles. The number of nitrogens with two attached hydrogens (primary N) is 1. The van der Waals surface area contributed by atoms with E-state index in [0.29, 0.717) is 17.2 Å². The number of benzene rings is 1. The van der Waals surface area contributed by atoms with Gasteiger partial charge in [-0.2, -0.15) is 11.8 Å². The minimum atomic E-state index is -0.431. The molecule has 0 aliphatic carbocycles. The van der Waals surface area contributed by atoms with Crippen molar-refractivity contribution in [1.29, 1.82) is 0 Å². The molecule has 0 aromatic heterocycles. The first-order chi connectivity index (χ1) is 7.99. The maximum absolute atomic E-state index is 12.8. The lowest BCUT2D eigenvalue weighted by molar-refractivity contribution is -0.113. The van der Waals surface area contributed by atoms with Gasteiger partial charge in [0.2, 0.25) is 5.91 Å². The predicted octanol–water partition coefficient (Wildman–Crippen LogP) is 2.50. The van der Waals surface area contributed by atoms with Crippen LogP contribution < -0.4 is 11.1 Å². The second kappa shape index (κ2) is 6.83. The van der Waals surface area contributed by atoms with E-state index in [2.05, 4.69) is 5.32 Å². The SMILES string of the molecule is CC(N)CSCC(=O)Nc1ccc(F)cc1Cl. The molecule has 3 nitrogen and oxygen atoms in total. The summed E-state index contributed by atoms with van der Waals surface area (Å²) in [5.74, 6) is 0.406. The van der Waals surface area contributed by atoms with Crippen molar-refractivity contribution in [1.82, 2.24) is 0 Å². The highest BCUT2D eigenvalue weighted by Gasteiger charge is 2.07. The fourth-order valence-electron chi connectivity index (χ4n) is 1.11. The summed E-state index contributed by atoms with van der Waals surface area (Å²) in [5.41, 5.74) is 5.97. The summed E-state index contributed by atoms with van der Waals surface area (Å²) in [6, 6.07) is 3.90. The number of rotatable bonds is 5. The number of nitrogens with one attached hydrogen (secondary N) is 1. The van der Waals surface area contributed by atoms with Crippen molar-refractivity contribution in [3.63, 3.8) is 0 Å². The van der Waals surface area contributed by atoms with Crippen LogP contribution in [0.15, 0.2) is 18.2 Å². The van der Waals surface area contributed by atoms with Crippen LogP contribution in [0.5, 0.6) is 0 Å². The quantitative estimate of drug-likeness (QED) is 0.869. The summed E-state index contributed by atoms with van der Waals surface area (Å²) in [6.45, 7) is 1.88. The van der Waals surface area contributed by atoms with E-state index in [4.69, 9.17) is 17.3 Å². The molecular weight excluding hydrogens is 263 g/mol.